The number of nitrogens with zero attached hydrogens (tertiary/aromatic N) is 2. The summed E-state index contributed by atoms with van der Waals surface area (Å²) in [6, 6.07) is 9.81. The summed E-state index contributed by atoms with van der Waals surface area (Å²) in [4.78, 5) is 4.39. The third-order valence-electron chi connectivity index (χ3n) is 2.74. The van der Waals surface area contributed by atoms with Crippen LogP contribution in [0.25, 0.3) is 22.8 Å². The van der Waals surface area contributed by atoms with Crippen molar-refractivity contribution in [1.29, 1.82) is 0 Å². The minimum Gasteiger partial charge on any atom is -0.390 e. The monoisotopic (exact) mass is 257 g/mol. The Hall–Kier alpha value is -2.14. The van der Waals surface area contributed by atoms with Crippen LogP contribution in [0.1, 0.15) is 5.56 Å². The quantitative estimate of drug-likeness (QED) is 0.764. The molecular weight excluding hydrogens is 246 g/mol. The van der Waals surface area contributed by atoms with Crippen LogP contribution in [0.15, 0.2) is 40.2 Å². The first-order chi connectivity index (χ1) is 8.75. The molecule has 0 unspecified atom stereocenters. The van der Waals surface area contributed by atoms with Gasteiger partial charge in [-0.15, -0.1) is 11.3 Å². The van der Waals surface area contributed by atoms with Gasteiger partial charge >= 0.3 is 0 Å². The summed E-state index contributed by atoms with van der Waals surface area (Å²) in [6.07, 6.45) is 0. The van der Waals surface area contributed by atoms with E-state index in [1.165, 1.54) is 11.3 Å². The molecule has 0 atom stereocenters. The fourth-order valence-electron chi connectivity index (χ4n) is 1.76. The number of nitrogen functional groups attached to an aromatic ring is 1. The van der Waals surface area contributed by atoms with Crippen LogP contribution in [0.4, 0.5) is 5.00 Å². The van der Waals surface area contributed by atoms with Gasteiger partial charge in [-0.05, 0) is 23.9 Å². The number of rotatable bonds is 2. The first-order valence-electron chi connectivity index (χ1n) is 5.49. The Balaban J connectivity index is 2.05. The van der Waals surface area contributed by atoms with Crippen LogP contribution < -0.4 is 5.73 Å². The zero-order valence-corrected chi connectivity index (χ0v) is 10.6. The first kappa shape index (κ1) is 11.0. The van der Waals surface area contributed by atoms with Gasteiger partial charge in [0.05, 0.1) is 10.6 Å². The van der Waals surface area contributed by atoms with E-state index in [4.69, 9.17) is 10.3 Å². The fraction of sp³-hybridized carbons (Fsp3) is 0.0769. The number of nitrogens with two attached hydrogens (primary N) is 1. The van der Waals surface area contributed by atoms with Gasteiger partial charge in [-0.1, -0.05) is 29.4 Å². The average Bonchev–Trinajstić information content (AvgIpc) is 2.98. The Morgan fingerprint density at radius 2 is 2.00 bits per heavy atom. The molecule has 5 heteroatoms. The van der Waals surface area contributed by atoms with Crippen molar-refractivity contribution in [3.63, 3.8) is 0 Å². The summed E-state index contributed by atoms with van der Waals surface area (Å²) in [5.74, 6) is 1.06. The van der Waals surface area contributed by atoms with E-state index in [1.54, 1.807) is 0 Å². The Morgan fingerprint density at radius 3 is 2.72 bits per heavy atom. The molecule has 3 aromatic rings. The van der Waals surface area contributed by atoms with Crippen molar-refractivity contribution in [1.82, 2.24) is 10.1 Å². The zero-order valence-electron chi connectivity index (χ0n) is 9.75. The molecule has 0 aliphatic carbocycles. The van der Waals surface area contributed by atoms with E-state index in [0.29, 0.717) is 16.7 Å². The number of thiophene rings is 1. The van der Waals surface area contributed by atoms with Gasteiger partial charge in [0.25, 0.3) is 5.89 Å². The molecule has 0 spiro atoms. The van der Waals surface area contributed by atoms with E-state index < -0.39 is 0 Å². The normalized spacial score (nSPS) is 10.7. The molecule has 2 N–H and O–H groups in total. The van der Waals surface area contributed by atoms with Crippen LogP contribution in [0.2, 0.25) is 0 Å². The van der Waals surface area contributed by atoms with Crippen LogP contribution in [0.3, 0.4) is 0 Å². The molecule has 0 amide bonds. The molecule has 0 bridgehead atoms. The van der Waals surface area contributed by atoms with Crippen LogP contribution in [-0.4, -0.2) is 10.1 Å². The van der Waals surface area contributed by atoms with E-state index >= 15 is 0 Å². The third-order valence-corrected chi connectivity index (χ3v) is 3.48. The highest BCUT2D eigenvalue weighted by Gasteiger charge is 2.14. The summed E-state index contributed by atoms with van der Waals surface area (Å²) >= 11 is 1.46. The van der Waals surface area contributed by atoms with Crippen molar-refractivity contribution < 1.29 is 4.52 Å². The number of hydrogen-bond acceptors (Lipinski definition) is 5. The van der Waals surface area contributed by atoms with Crippen molar-refractivity contribution in [2.45, 2.75) is 6.92 Å². The molecule has 0 saturated heterocycles. The van der Waals surface area contributed by atoms with Crippen molar-refractivity contribution in [2.75, 3.05) is 5.73 Å². The van der Waals surface area contributed by atoms with Crippen molar-refractivity contribution in [2.24, 2.45) is 0 Å². The number of aryl methyl sites for hydroxylation is 1. The highest BCUT2D eigenvalue weighted by Crippen LogP contribution is 2.31. The van der Waals surface area contributed by atoms with E-state index in [-0.39, 0.29) is 0 Å². The number of anilines is 1. The lowest BCUT2D eigenvalue weighted by Gasteiger charge is -1.97. The van der Waals surface area contributed by atoms with E-state index in [2.05, 4.69) is 10.1 Å². The van der Waals surface area contributed by atoms with E-state index in [9.17, 15) is 0 Å². The molecular formula is C13H11N3OS. The van der Waals surface area contributed by atoms with Crippen molar-refractivity contribution in [3.8, 4) is 22.8 Å². The van der Waals surface area contributed by atoms with Gasteiger partial charge in [-0.3, -0.25) is 0 Å². The highest BCUT2D eigenvalue weighted by molar-refractivity contribution is 7.14. The van der Waals surface area contributed by atoms with Crippen LogP contribution >= 0.6 is 11.3 Å². The zero-order chi connectivity index (χ0) is 12.5. The predicted octanol–water partition coefficient (Wildman–Crippen LogP) is 3.36. The topological polar surface area (TPSA) is 64.9 Å². The second-order valence-corrected chi connectivity index (χ2v) is 4.88. The Labute approximate surface area is 108 Å². The van der Waals surface area contributed by atoms with Crippen LogP contribution in [0, 0.1) is 6.92 Å². The van der Waals surface area contributed by atoms with Crippen LogP contribution in [0.5, 0.6) is 0 Å². The Morgan fingerprint density at radius 1 is 1.17 bits per heavy atom. The third kappa shape index (κ3) is 1.78. The van der Waals surface area contributed by atoms with Gasteiger partial charge in [0.1, 0.15) is 0 Å². The summed E-state index contributed by atoms with van der Waals surface area (Å²) < 4.78 is 5.26. The predicted molar refractivity (Wildman–Crippen MR) is 72.2 cm³/mol. The first-order valence-corrected chi connectivity index (χ1v) is 6.37. The Bertz CT molecular complexity index is 687. The van der Waals surface area contributed by atoms with Gasteiger partial charge in [0.15, 0.2) is 0 Å². The fourth-order valence-corrected chi connectivity index (χ4v) is 2.40. The number of hydrogen-bond donors (Lipinski definition) is 1. The van der Waals surface area contributed by atoms with Gasteiger partial charge in [-0.2, -0.15) is 4.98 Å². The van der Waals surface area contributed by atoms with Gasteiger partial charge in [0, 0.05) is 5.56 Å². The SMILES string of the molecule is Cc1ccccc1-c1noc(-c2ccsc2N)n1. The smallest absolute Gasteiger partial charge is 0.261 e. The molecule has 0 aliphatic heterocycles. The summed E-state index contributed by atoms with van der Waals surface area (Å²) in [6.45, 7) is 2.02. The molecule has 4 nitrogen and oxygen atoms in total. The lowest BCUT2D eigenvalue weighted by atomic mass is 10.1. The molecule has 1 aromatic carbocycles. The highest BCUT2D eigenvalue weighted by atomic mass is 32.1. The lowest BCUT2D eigenvalue weighted by molar-refractivity contribution is 0.432. The lowest BCUT2D eigenvalue weighted by Crippen LogP contribution is -1.86. The van der Waals surface area contributed by atoms with Gasteiger partial charge < -0.3 is 10.3 Å². The molecule has 90 valence electrons. The maximum absolute atomic E-state index is 5.84. The number of aromatic nitrogens is 2. The van der Waals surface area contributed by atoms with Gasteiger partial charge in [0.2, 0.25) is 5.82 Å². The Kier molecular flexibility index (Phi) is 2.60. The van der Waals surface area contributed by atoms with Crippen molar-refractivity contribution >= 4 is 16.3 Å². The molecule has 0 fully saturated rings. The van der Waals surface area contributed by atoms with Crippen molar-refractivity contribution in [3.05, 3.63) is 41.3 Å². The minimum atomic E-state index is 0.465. The minimum absolute atomic E-state index is 0.465. The van der Waals surface area contributed by atoms with Crippen LogP contribution in [-0.2, 0) is 0 Å². The molecule has 3 rings (SSSR count). The van der Waals surface area contributed by atoms with E-state index in [0.717, 1.165) is 16.7 Å². The molecule has 0 aliphatic rings. The second-order valence-electron chi connectivity index (χ2n) is 3.94. The molecule has 2 heterocycles. The average molecular weight is 257 g/mol. The van der Waals surface area contributed by atoms with Gasteiger partial charge in [-0.25, -0.2) is 0 Å². The molecule has 0 radical (unpaired) electrons. The standard InChI is InChI=1S/C13H11N3OS/c1-8-4-2-3-5-9(8)12-15-13(17-16-12)10-6-7-18-11(10)14/h2-7H,14H2,1H3. The summed E-state index contributed by atoms with van der Waals surface area (Å²) in [5.41, 5.74) is 8.73. The molecule has 18 heavy (non-hydrogen) atoms. The largest absolute Gasteiger partial charge is 0.390 e. The van der Waals surface area contributed by atoms with E-state index in [1.807, 2.05) is 42.6 Å². The molecule has 2 aromatic heterocycles. The summed E-state index contributed by atoms with van der Waals surface area (Å²) in [5, 5.41) is 6.60. The summed E-state index contributed by atoms with van der Waals surface area (Å²) in [7, 11) is 0. The number of benzene rings is 1. The molecule has 0 saturated carbocycles. The maximum atomic E-state index is 5.84. The second kappa shape index (κ2) is 4.27. The maximum Gasteiger partial charge on any atom is 0.261 e.